The van der Waals surface area contributed by atoms with Crippen molar-refractivity contribution in [3.05, 3.63) is 36.4 Å². The SMILES string of the molecule is c1cn2c(C3CCCNC3)ccc2cn1. The summed E-state index contributed by atoms with van der Waals surface area (Å²) in [4.78, 5) is 4.13. The minimum Gasteiger partial charge on any atom is -0.318 e. The van der Waals surface area contributed by atoms with Crippen LogP contribution in [0.25, 0.3) is 5.52 Å². The molecular weight excluding hydrogens is 186 g/mol. The minimum absolute atomic E-state index is 0.656. The van der Waals surface area contributed by atoms with Crippen molar-refractivity contribution in [2.45, 2.75) is 18.8 Å². The van der Waals surface area contributed by atoms with Crippen LogP contribution < -0.4 is 5.32 Å². The molecule has 2 aromatic rings. The summed E-state index contributed by atoms with van der Waals surface area (Å²) in [6.07, 6.45) is 8.40. The molecule has 0 aromatic carbocycles. The fourth-order valence-corrected chi connectivity index (χ4v) is 2.42. The first kappa shape index (κ1) is 8.92. The Labute approximate surface area is 89.1 Å². The fraction of sp³-hybridized carbons (Fsp3) is 0.417. The third-order valence-electron chi connectivity index (χ3n) is 3.20. The van der Waals surface area contributed by atoms with Crippen molar-refractivity contribution in [2.75, 3.05) is 13.1 Å². The molecule has 15 heavy (non-hydrogen) atoms. The minimum atomic E-state index is 0.656. The zero-order chi connectivity index (χ0) is 10.1. The molecule has 78 valence electrons. The molecule has 1 saturated heterocycles. The highest BCUT2D eigenvalue weighted by Crippen LogP contribution is 2.24. The van der Waals surface area contributed by atoms with Crippen LogP contribution in [-0.2, 0) is 0 Å². The maximum absolute atomic E-state index is 4.13. The van der Waals surface area contributed by atoms with E-state index in [0.29, 0.717) is 5.92 Å². The van der Waals surface area contributed by atoms with Crippen LogP contribution in [0, 0.1) is 0 Å². The quantitative estimate of drug-likeness (QED) is 0.762. The Hall–Kier alpha value is -1.35. The number of aromatic nitrogens is 2. The van der Waals surface area contributed by atoms with Crippen molar-refractivity contribution in [2.24, 2.45) is 0 Å². The van der Waals surface area contributed by atoms with Crippen LogP contribution in [0.4, 0.5) is 0 Å². The molecule has 0 spiro atoms. The van der Waals surface area contributed by atoms with Crippen molar-refractivity contribution >= 4 is 5.52 Å². The average molecular weight is 201 g/mol. The van der Waals surface area contributed by atoms with Gasteiger partial charge in [-0.25, -0.2) is 0 Å². The Morgan fingerprint density at radius 2 is 2.40 bits per heavy atom. The number of hydrogen-bond acceptors (Lipinski definition) is 2. The van der Waals surface area contributed by atoms with E-state index in [-0.39, 0.29) is 0 Å². The topological polar surface area (TPSA) is 29.3 Å². The summed E-state index contributed by atoms with van der Waals surface area (Å²) in [5.74, 6) is 0.656. The third kappa shape index (κ3) is 1.53. The molecule has 0 radical (unpaired) electrons. The van der Waals surface area contributed by atoms with Gasteiger partial charge in [0.1, 0.15) is 0 Å². The van der Waals surface area contributed by atoms with E-state index in [2.05, 4.69) is 33.0 Å². The van der Waals surface area contributed by atoms with Crippen LogP contribution >= 0.6 is 0 Å². The first-order chi connectivity index (χ1) is 7.45. The highest BCUT2D eigenvalue weighted by Gasteiger charge is 2.17. The van der Waals surface area contributed by atoms with Crippen molar-refractivity contribution in [3.63, 3.8) is 0 Å². The fourth-order valence-electron chi connectivity index (χ4n) is 2.42. The van der Waals surface area contributed by atoms with Crippen LogP contribution in [0.15, 0.2) is 30.7 Å². The van der Waals surface area contributed by atoms with Crippen LogP contribution in [0.2, 0.25) is 0 Å². The summed E-state index contributed by atoms with van der Waals surface area (Å²) in [6.45, 7) is 2.27. The van der Waals surface area contributed by atoms with Gasteiger partial charge in [0.15, 0.2) is 0 Å². The lowest BCUT2D eigenvalue weighted by atomic mass is 9.96. The molecule has 1 atom stereocenters. The zero-order valence-electron chi connectivity index (χ0n) is 8.69. The number of nitrogens with one attached hydrogen (secondary N) is 1. The van der Waals surface area contributed by atoms with E-state index in [1.54, 1.807) is 0 Å². The molecule has 3 heteroatoms. The third-order valence-corrected chi connectivity index (χ3v) is 3.20. The van der Waals surface area contributed by atoms with E-state index >= 15 is 0 Å². The molecule has 1 unspecified atom stereocenters. The van der Waals surface area contributed by atoms with Crippen LogP contribution in [0.5, 0.6) is 0 Å². The number of nitrogens with zero attached hydrogens (tertiary/aromatic N) is 2. The van der Waals surface area contributed by atoms with Crippen molar-refractivity contribution in [1.82, 2.24) is 14.7 Å². The van der Waals surface area contributed by atoms with Crippen LogP contribution in [0.1, 0.15) is 24.5 Å². The molecule has 0 aliphatic carbocycles. The molecule has 1 aliphatic rings. The van der Waals surface area contributed by atoms with Crippen LogP contribution in [0.3, 0.4) is 0 Å². The lowest BCUT2D eigenvalue weighted by Gasteiger charge is -2.22. The standard InChI is InChI=1S/C12H15N3/c1-2-10(8-13-5-1)12-4-3-11-9-14-6-7-15(11)12/h3-4,6-7,9-10,13H,1-2,5,8H2. The molecular formula is C12H15N3. The van der Waals surface area contributed by atoms with Gasteiger partial charge in [-0.3, -0.25) is 4.98 Å². The smallest absolute Gasteiger partial charge is 0.0636 e. The summed E-state index contributed by atoms with van der Waals surface area (Å²) in [6, 6.07) is 4.38. The van der Waals surface area contributed by atoms with Gasteiger partial charge >= 0.3 is 0 Å². The summed E-state index contributed by atoms with van der Waals surface area (Å²) in [7, 11) is 0. The Bertz CT molecular complexity index is 455. The normalized spacial score (nSPS) is 22.0. The van der Waals surface area contributed by atoms with Crippen molar-refractivity contribution < 1.29 is 0 Å². The van der Waals surface area contributed by atoms with E-state index in [1.807, 2.05) is 12.4 Å². The lowest BCUT2D eigenvalue weighted by molar-refractivity contribution is 0.453. The van der Waals surface area contributed by atoms with Gasteiger partial charge in [-0.15, -0.1) is 0 Å². The molecule has 1 fully saturated rings. The van der Waals surface area contributed by atoms with Gasteiger partial charge in [0.2, 0.25) is 0 Å². The van der Waals surface area contributed by atoms with Gasteiger partial charge in [0, 0.05) is 30.6 Å². The summed E-state index contributed by atoms with van der Waals surface area (Å²) < 4.78 is 2.25. The molecule has 0 amide bonds. The monoisotopic (exact) mass is 201 g/mol. The molecule has 3 heterocycles. The van der Waals surface area contributed by atoms with E-state index in [0.717, 1.165) is 6.54 Å². The summed E-state index contributed by atoms with van der Waals surface area (Å²) >= 11 is 0. The Balaban J connectivity index is 2.02. The maximum Gasteiger partial charge on any atom is 0.0636 e. The van der Waals surface area contributed by atoms with Crippen molar-refractivity contribution in [3.8, 4) is 0 Å². The number of piperidine rings is 1. The summed E-state index contributed by atoms with van der Waals surface area (Å²) in [5.41, 5.74) is 2.61. The molecule has 3 rings (SSSR count). The van der Waals surface area contributed by atoms with Gasteiger partial charge in [-0.2, -0.15) is 0 Å². The van der Waals surface area contributed by atoms with Gasteiger partial charge in [-0.05, 0) is 31.5 Å². The highest BCUT2D eigenvalue weighted by molar-refractivity contribution is 5.48. The van der Waals surface area contributed by atoms with E-state index < -0.39 is 0 Å². The Morgan fingerprint density at radius 3 is 3.27 bits per heavy atom. The molecule has 0 bridgehead atoms. The second-order valence-corrected chi connectivity index (χ2v) is 4.17. The van der Waals surface area contributed by atoms with Crippen LogP contribution in [-0.4, -0.2) is 22.5 Å². The van der Waals surface area contributed by atoms with E-state index in [4.69, 9.17) is 0 Å². The lowest BCUT2D eigenvalue weighted by Crippen LogP contribution is -2.28. The Morgan fingerprint density at radius 1 is 1.40 bits per heavy atom. The van der Waals surface area contributed by atoms with Gasteiger partial charge in [-0.1, -0.05) is 0 Å². The maximum atomic E-state index is 4.13. The second-order valence-electron chi connectivity index (χ2n) is 4.17. The number of rotatable bonds is 1. The Kier molecular flexibility index (Phi) is 2.18. The molecule has 0 saturated carbocycles. The summed E-state index contributed by atoms with van der Waals surface area (Å²) in [5, 5.41) is 3.46. The average Bonchev–Trinajstić information content (AvgIpc) is 2.74. The predicted octanol–water partition coefficient (Wildman–Crippen LogP) is 1.80. The second kappa shape index (κ2) is 3.66. The molecule has 1 N–H and O–H groups in total. The number of fused-ring (bicyclic) bond motifs is 1. The molecule has 1 aliphatic heterocycles. The highest BCUT2D eigenvalue weighted by atomic mass is 14.9. The molecule has 2 aromatic heterocycles. The zero-order valence-corrected chi connectivity index (χ0v) is 8.69. The van der Waals surface area contributed by atoms with Gasteiger partial charge in [0.25, 0.3) is 0 Å². The van der Waals surface area contributed by atoms with E-state index in [9.17, 15) is 0 Å². The predicted molar refractivity (Wildman–Crippen MR) is 60.0 cm³/mol. The first-order valence-electron chi connectivity index (χ1n) is 5.57. The first-order valence-corrected chi connectivity index (χ1v) is 5.57. The van der Waals surface area contributed by atoms with E-state index in [1.165, 1.54) is 30.6 Å². The van der Waals surface area contributed by atoms with Gasteiger partial charge in [0.05, 0.1) is 11.7 Å². The molecule has 3 nitrogen and oxygen atoms in total. The van der Waals surface area contributed by atoms with Gasteiger partial charge < -0.3 is 9.72 Å². The van der Waals surface area contributed by atoms with Crippen molar-refractivity contribution in [1.29, 1.82) is 0 Å². The largest absolute Gasteiger partial charge is 0.318 e. The number of hydrogen-bond donors (Lipinski definition) is 1.